The second kappa shape index (κ2) is 8.55. The number of benzene rings is 1. The number of phenolic OH excluding ortho intramolecular Hbond substituents is 1. The first-order valence-electron chi connectivity index (χ1n) is 9.89. The molecule has 0 radical (unpaired) electrons. The number of amides is 1. The van der Waals surface area contributed by atoms with Crippen LogP contribution in [0.1, 0.15) is 46.5 Å². The Balaban J connectivity index is 1.98. The van der Waals surface area contributed by atoms with Crippen molar-refractivity contribution in [2.75, 3.05) is 4.90 Å². The van der Waals surface area contributed by atoms with Crippen LogP contribution in [0.25, 0.3) is 5.69 Å². The summed E-state index contributed by atoms with van der Waals surface area (Å²) >= 11 is 0. The number of hydrogen-bond donors (Lipinski definition) is 2. The molecule has 1 aromatic heterocycles. The maximum Gasteiger partial charge on any atom is 0.511 e. The molecule has 156 valence electrons. The third-order valence-corrected chi connectivity index (χ3v) is 5.32. The zero-order chi connectivity index (χ0) is 21.1. The number of aromatic nitrogens is 2. The van der Waals surface area contributed by atoms with Gasteiger partial charge in [-0.3, -0.25) is 9.69 Å². The molecule has 1 aliphatic rings. The normalized spacial score (nSPS) is 19.2. The summed E-state index contributed by atoms with van der Waals surface area (Å²) in [4.78, 5) is 26.1. The molecule has 1 saturated carbocycles. The average molecular weight is 401 g/mol. The maximum absolute atomic E-state index is 13.3. The van der Waals surface area contributed by atoms with Crippen molar-refractivity contribution in [1.29, 1.82) is 0 Å². The lowest BCUT2D eigenvalue weighted by molar-refractivity contribution is -0.124. The minimum atomic E-state index is -1.47. The Morgan fingerprint density at radius 2 is 1.79 bits per heavy atom. The summed E-state index contributed by atoms with van der Waals surface area (Å²) in [6.45, 7) is 5.93. The maximum atomic E-state index is 13.3. The van der Waals surface area contributed by atoms with Crippen molar-refractivity contribution in [3.8, 4) is 17.2 Å². The van der Waals surface area contributed by atoms with Gasteiger partial charge in [-0.1, -0.05) is 6.92 Å². The van der Waals surface area contributed by atoms with E-state index in [-0.39, 0.29) is 35.2 Å². The van der Waals surface area contributed by atoms with Gasteiger partial charge >= 0.3 is 6.16 Å². The number of carbonyl (C=O) groups is 2. The molecule has 0 spiro atoms. The van der Waals surface area contributed by atoms with E-state index in [1.54, 1.807) is 12.1 Å². The Morgan fingerprint density at radius 3 is 2.34 bits per heavy atom. The minimum Gasteiger partial charge on any atom is -0.508 e. The number of ether oxygens (including phenoxy) is 1. The molecule has 8 nitrogen and oxygen atoms in total. The summed E-state index contributed by atoms with van der Waals surface area (Å²) in [6, 6.07) is 6.06. The van der Waals surface area contributed by atoms with Gasteiger partial charge in [0.25, 0.3) is 0 Å². The van der Waals surface area contributed by atoms with E-state index < -0.39 is 6.16 Å². The van der Waals surface area contributed by atoms with Crippen molar-refractivity contribution in [1.82, 2.24) is 9.78 Å². The SMILES string of the molecule is CC(C)N(c1nn(-c2ccc(O)cc2)cc1OC(=O)O)C(=O)[C@H]1CC[C@H](C)CC1. The molecule has 1 aromatic carbocycles. The third kappa shape index (κ3) is 4.70. The van der Waals surface area contributed by atoms with Gasteiger partial charge in [0.2, 0.25) is 11.7 Å². The van der Waals surface area contributed by atoms with Gasteiger partial charge in [-0.25, -0.2) is 9.48 Å². The lowest BCUT2D eigenvalue weighted by Crippen LogP contribution is -2.42. The molecule has 8 heteroatoms. The number of aromatic hydroxyl groups is 1. The third-order valence-electron chi connectivity index (χ3n) is 5.32. The summed E-state index contributed by atoms with van der Waals surface area (Å²) in [5, 5.41) is 23.1. The first-order chi connectivity index (χ1) is 13.8. The number of rotatable bonds is 5. The first kappa shape index (κ1) is 20.7. The van der Waals surface area contributed by atoms with Gasteiger partial charge in [0.1, 0.15) is 5.75 Å². The van der Waals surface area contributed by atoms with Crippen molar-refractivity contribution in [3.05, 3.63) is 30.5 Å². The molecular formula is C21H27N3O5. The Kier molecular flexibility index (Phi) is 6.10. The second-order valence-corrected chi connectivity index (χ2v) is 7.90. The summed E-state index contributed by atoms with van der Waals surface area (Å²) < 4.78 is 6.39. The van der Waals surface area contributed by atoms with E-state index >= 15 is 0 Å². The van der Waals surface area contributed by atoms with E-state index in [0.717, 1.165) is 25.7 Å². The summed E-state index contributed by atoms with van der Waals surface area (Å²) in [5.74, 6) is 0.735. The van der Waals surface area contributed by atoms with Gasteiger partial charge in [0.15, 0.2) is 5.75 Å². The van der Waals surface area contributed by atoms with Crippen molar-refractivity contribution in [2.24, 2.45) is 11.8 Å². The highest BCUT2D eigenvalue weighted by Crippen LogP contribution is 2.35. The summed E-state index contributed by atoms with van der Waals surface area (Å²) in [7, 11) is 0. The fourth-order valence-corrected chi connectivity index (χ4v) is 3.73. The number of anilines is 1. The largest absolute Gasteiger partial charge is 0.511 e. The minimum absolute atomic E-state index is 0.00296. The number of hydrogen-bond acceptors (Lipinski definition) is 5. The Labute approximate surface area is 169 Å². The van der Waals surface area contributed by atoms with Crippen molar-refractivity contribution in [2.45, 2.75) is 52.5 Å². The van der Waals surface area contributed by atoms with E-state index in [0.29, 0.717) is 11.6 Å². The molecule has 2 aromatic rings. The molecule has 1 amide bonds. The quantitative estimate of drug-likeness (QED) is 0.728. The van der Waals surface area contributed by atoms with Crippen LogP contribution in [0.5, 0.6) is 11.5 Å². The van der Waals surface area contributed by atoms with Crippen LogP contribution >= 0.6 is 0 Å². The number of phenols is 1. The number of carbonyl (C=O) groups excluding carboxylic acids is 1. The zero-order valence-corrected chi connectivity index (χ0v) is 16.9. The lowest BCUT2D eigenvalue weighted by Gasteiger charge is -2.32. The van der Waals surface area contributed by atoms with E-state index in [1.807, 2.05) is 13.8 Å². The van der Waals surface area contributed by atoms with E-state index in [9.17, 15) is 14.7 Å². The van der Waals surface area contributed by atoms with Crippen LogP contribution in [-0.4, -0.2) is 38.1 Å². The number of nitrogens with zero attached hydrogens (tertiary/aromatic N) is 3. The standard InChI is InChI=1S/C21H27N3O5/c1-13(2)24(20(26)15-6-4-14(3)5-7-15)19-18(29-21(27)28)12-23(22-19)16-8-10-17(25)11-9-16/h8-15,25H,4-7H2,1-3H3,(H,27,28)/t14-,15-. The van der Waals surface area contributed by atoms with Gasteiger partial charge in [-0.05, 0) is 69.7 Å². The molecule has 1 heterocycles. The number of carboxylic acid groups (broad SMARTS) is 1. The van der Waals surface area contributed by atoms with Crippen molar-refractivity contribution in [3.63, 3.8) is 0 Å². The first-order valence-corrected chi connectivity index (χ1v) is 9.89. The van der Waals surface area contributed by atoms with Crippen LogP contribution in [0.3, 0.4) is 0 Å². The van der Waals surface area contributed by atoms with E-state index in [1.165, 1.54) is 27.9 Å². The van der Waals surface area contributed by atoms with Crippen LogP contribution in [0, 0.1) is 11.8 Å². The smallest absolute Gasteiger partial charge is 0.508 e. The van der Waals surface area contributed by atoms with Gasteiger partial charge in [0, 0.05) is 12.0 Å². The van der Waals surface area contributed by atoms with E-state index in [2.05, 4.69) is 12.0 Å². The van der Waals surface area contributed by atoms with Crippen LogP contribution in [-0.2, 0) is 4.79 Å². The van der Waals surface area contributed by atoms with Crippen LogP contribution in [0.2, 0.25) is 0 Å². The van der Waals surface area contributed by atoms with E-state index in [4.69, 9.17) is 9.84 Å². The monoisotopic (exact) mass is 401 g/mol. The predicted octanol–water partition coefficient (Wildman–Crippen LogP) is 4.20. The van der Waals surface area contributed by atoms with Crippen LogP contribution in [0.4, 0.5) is 10.6 Å². The van der Waals surface area contributed by atoms with Gasteiger partial charge in [0.05, 0.1) is 11.9 Å². The van der Waals surface area contributed by atoms with Crippen molar-refractivity contribution >= 4 is 17.9 Å². The molecule has 0 unspecified atom stereocenters. The molecule has 0 aliphatic heterocycles. The fourth-order valence-electron chi connectivity index (χ4n) is 3.73. The summed E-state index contributed by atoms with van der Waals surface area (Å²) in [6.07, 6.45) is 3.60. The average Bonchev–Trinajstić information content (AvgIpc) is 3.05. The molecule has 2 N–H and O–H groups in total. The molecule has 0 atom stereocenters. The highest BCUT2D eigenvalue weighted by Gasteiger charge is 2.34. The van der Waals surface area contributed by atoms with Gasteiger partial charge in [-0.15, -0.1) is 5.10 Å². The topological polar surface area (TPSA) is 105 Å². The molecule has 29 heavy (non-hydrogen) atoms. The predicted molar refractivity (Wildman–Crippen MR) is 108 cm³/mol. The Bertz CT molecular complexity index is 867. The lowest BCUT2D eigenvalue weighted by atomic mass is 9.82. The molecule has 1 aliphatic carbocycles. The van der Waals surface area contributed by atoms with Crippen LogP contribution in [0.15, 0.2) is 30.5 Å². The fraction of sp³-hybridized carbons (Fsp3) is 0.476. The molecule has 3 rings (SSSR count). The highest BCUT2D eigenvalue weighted by atomic mass is 16.7. The second-order valence-electron chi connectivity index (χ2n) is 7.90. The molecule has 0 bridgehead atoms. The van der Waals surface area contributed by atoms with Gasteiger partial charge < -0.3 is 14.9 Å². The van der Waals surface area contributed by atoms with Gasteiger partial charge in [-0.2, -0.15) is 0 Å². The zero-order valence-electron chi connectivity index (χ0n) is 16.9. The Hall–Kier alpha value is -3.03. The highest BCUT2D eigenvalue weighted by molar-refractivity contribution is 5.96. The Morgan fingerprint density at radius 1 is 1.17 bits per heavy atom. The van der Waals surface area contributed by atoms with Crippen LogP contribution < -0.4 is 9.64 Å². The summed E-state index contributed by atoms with van der Waals surface area (Å²) in [5.41, 5.74) is 0.604. The molecule has 1 fully saturated rings. The molecular weight excluding hydrogens is 374 g/mol. The molecule has 0 saturated heterocycles. The van der Waals surface area contributed by atoms with Crippen molar-refractivity contribution < 1.29 is 24.5 Å².